The van der Waals surface area contributed by atoms with Crippen molar-refractivity contribution in [2.75, 3.05) is 12.4 Å². The molecule has 88 valence electrons. The van der Waals surface area contributed by atoms with E-state index in [1.165, 1.54) is 6.33 Å². The molecule has 2 rings (SSSR count). The summed E-state index contributed by atoms with van der Waals surface area (Å²) >= 11 is 5.77. The molecule has 1 heterocycles. The van der Waals surface area contributed by atoms with Crippen LogP contribution in [0.15, 0.2) is 36.7 Å². The topological polar surface area (TPSA) is 47.0 Å². The first-order chi connectivity index (χ1) is 8.28. The third-order valence-corrected chi connectivity index (χ3v) is 2.38. The van der Waals surface area contributed by atoms with Gasteiger partial charge in [-0.3, -0.25) is 0 Å². The van der Waals surface area contributed by atoms with Gasteiger partial charge < -0.3 is 10.1 Å². The highest BCUT2D eigenvalue weighted by Crippen LogP contribution is 2.17. The Kier molecular flexibility index (Phi) is 3.90. The molecule has 0 unspecified atom stereocenters. The molecule has 0 bridgehead atoms. The van der Waals surface area contributed by atoms with Gasteiger partial charge in [0.2, 0.25) is 0 Å². The van der Waals surface area contributed by atoms with Crippen LogP contribution in [0.1, 0.15) is 5.56 Å². The van der Waals surface area contributed by atoms with Gasteiger partial charge in [0.15, 0.2) is 0 Å². The van der Waals surface area contributed by atoms with Crippen LogP contribution in [0, 0.1) is 0 Å². The van der Waals surface area contributed by atoms with Crippen LogP contribution in [-0.2, 0) is 11.3 Å². The Morgan fingerprint density at radius 3 is 2.65 bits per heavy atom. The molecular weight excluding hydrogens is 238 g/mol. The van der Waals surface area contributed by atoms with Crippen LogP contribution in [0.4, 0.5) is 11.5 Å². The van der Waals surface area contributed by atoms with Crippen molar-refractivity contribution in [1.29, 1.82) is 0 Å². The van der Waals surface area contributed by atoms with Gasteiger partial charge in [0.05, 0.1) is 6.61 Å². The molecule has 0 aliphatic carbocycles. The molecule has 0 radical (unpaired) electrons. The lowest BCUT2D eigenvalue weighted by Gasteiger charge is -2.06. The third-order valence-electron chi connectivity index (χ3n) is 2.17. The van der Waals surface area contributed by atoms with Crippen molar-refractivity contribution in [3.05, 3.63) is 47.4 Å². The number of nitrogens with zero attached hydrogens (tertiary/aromatic N) is 2. The van der Waals surface area contributed by atoms with Gasteiger partial charge in [0.1, 0.15) is 17.3 Å². The second-order valence-corrected chi connectivity index (χ2v) is 3.87. The van der Waals surface area contributed by atoms with Crippen LogP contribution in [0.25, 0.3) is 0 Å². The lowest BCUT2D eigenvalue weighted by Crippen LogP contribution is -1.94. The highest BCUT2D eigenvalue weighted by molar-refractivity contribution is 6.29. The minimum Gasteiger partial charge on any atom is -0.380 e. The minimum absolute atomic E-state index is 0.415. The summed E-state index contributed by atoms with van der Waals surface area (Å²) in [6, 6.07) is 9.59. The molecule has 2 aromatic rings. The molecule has 0 saturated carbocycles. The Morgan fingerprint density at radius 2 is 2.00 bits per heavy atom. The maximum Gasteiger partial charge on any atom is 0.135 e. The van der Waals surface area contributed by atoms with Crippen LogP contribution < -0.4 is 5.32 Å². The molecule has 0 fully saturated rings. The molecule has 1 aromatic heterocycles. The maximum atomic E-state index is 5.77. The zero-order valence-electron chi connectivity index (χ0n) is 9.35. The second kappa shape index (κ2) is 5.61. The normalized spacial score (nSPS) is 10.2. The Labute approximate surface area is 105 Å². The summed E-state index contributed by atoms with van der Waals surface area (Å²) in [7, 11) is 1.68. The van der Waals surface area contributed by atoms with E-state index in [1.54, 1.807) is 13.2 Å². The van der Waals surface area contributed by atoms with Crippen LogP contribution >= 0.6 is 11.6 Å². The SMILES string of the molecule is COCc1ccc(Nc2cc(Cl)ncn2)cc1. The zero-order chi connectivity index (χ0) is 12.1. The Bertz CT molecular complexity index is 487. The standard InChI is InChI=1S/C12H12ClN3O/c1-17-7-9-2-4-10(5-3-9)16-12-6-11(13)14-8-15-12/h2-6,8H,7H2,1H3,(H,14,15,16). The van der Waals surface area contributed by atoms with E-state index < -0.39 is 0 Å². The average Bonchev–Trinajstić information content (AvgIpc) is 2.32. The van der Waals surface area contributed by atoms with Crippen LogP contribution in [0.3, 0.4) is 0 Å². The molecule has 0 amide bonds. The van der Waals surface area contributed by atoms with Crippen molar-refractivity contribution >= 4 is 23.1 Å². The van der Waals surface area contributed by atoms with E-state index in [9.17, 15) is 0 Å². The van der Waals surface area contributed by atoms with Crippen molar-refractivity contribution in [3.8, 4) is 0 Å². The number of hydrogen-bond acceptors (Lipinski definition) is 4. The summed E-state index contributed by atoms with van der Waals surface area (Å²) in [5, 5.41) is 3.55. The molecule has 17 heavy (non-hydrogen) atoms. The molecule has 1 N–H and O–H groups in total. The number of ether oxygens (including phenoxy) is 1. The molecule has 0 aliphatic heterocycles. The van der Waals surface area contributed by atoms with E-state index in [4.69, 9.17) is 16.3 Å². The fraction of sp³-hybridized carbons (Fsp3) is 0.167. The van der Waals surface area contributed by atoms with Crippen molar-refractivity contribution < 1.29 is 4.74 Å². The second-order valence-electron chi connectivity index (χ2n) is 3.48. The Hall–Kier alpha value is -1.65. The van der Waals surface area contributed by atoms with E-state index in [2.05, 4.69) is 15.3 Å². The number of aromatic nitrogens is 2. The largest absolute Gasteiger partial charge is 0.380 e. The van der Waals surface area contributed by atoms with E-state index in [1.807, 2.05) is 24.3 Å². The van der Waals surface area contributed by atoms with E-state index in [-0.39, 0.29) is 0 Å². The lowest BCUT2D eigenvalue weighted by molar-refractivity contribution is 0.185. The highest BCUT2D eigenvalue weighted by atomic mass is 35.5. The monoisotopic (exact) mass is 249 g/mol. The van der Waals surface area contributed by atoms with Crippen molar-refractivity contribution in [3.63, 3.8) is 0 Å². The van der Waals surface area contributed by atoms with Crippen LogP contribution in [0.5, 0.6) is 0 Å². The molecule has 5 heteroatoms. The fourth-order valence-corrected chi connectivity index (χ4v) is 1.55. The number of rotatable bonds is 4. The number of benzene rings is 1. The fourth-order valence-electron chi connectivity index (χ4n) is 1.40. The van der Waals surface area contributed by atoms with Crippen molar-refractivity contribution in [2.24, 2.45) is 0 Å². The van der Waals surface area contributed by atoms with Crippen molar-refractivity contribution in [1.82, 2.24) is 9.97 Å². The van der Waals surface area contributed by atoms with Crippen LogP contribution in [0.2, 0.25) is 5.15 Å². The Balaban J connectivity index is 2.08. The quantitative estimate of drug-likeness (QED) is 0.847. The number of hydrogen-bond donors (Lipinski definition) is 1. The Morgan fingerprint density at radius 1 is 1.24 bits per heavy atom. The van der Waals surface area contributed by atoms with Gasteiger partial charge in [-0.05, 0) is 17.7 Å². The first-order valence-electron chi connectivity index (χ1n) is 5.10. The van der Waals surface area contributed by atoms with Gasteiger partial charge in [-0.25, -0.2) is 9.97 Å². The number of nitrogens with one attached hydrogen (secondary N) is 1. The minimum atomic E-state index is 0.415. The average molecular weight is 250 g/mol. The summed E-state index contributed by atoms with van der Waals surface area (Å²) in [6.45, 7) is 0.611. The predicted molar refractivity (Wildman–Crippen MR) is 67.5 cm³/mol. The van der Waals surface area contributed by atoms with Gasteiger partial charge in [0, 0.05) is 18.9 Å². The molecule has 0 spiro atoms. The third kappa shape index (κ3) is 3.41. The van der Waals surface area contributed by atoms with Gasteiger partial charge >= 0.3 is 0 Å². The number of methoxy groups -OCH3 is 1. The molecule has 0 atom stereocenters. The van der Waals surface area contributed by atoms with Gasteiger partial charge in [-0.1, -0.05) is 23.7 Å². The molecule has 1 aromatic carbocycles. The summed E-state index contributed by atoms with van der Waals surface area (Å²) < 4.78 is 5.04. The molecule has 0 saturated heterocycles. The zero-order valence-corrected chi connectivity index (χ0v) is 10.1. The summed E-state index contributed by atoms with van der Waals surface area (Å²) in [4.78, 5) is 7.88. The van der Waals surface area contributed by atoms with Gasteiger partial charge in [-0.15, -0.1) is 0 Å². The van der Waals surface area contributed by atoms with E-state index in [0.717, 1.165) is 11.3 Å². The lowest BCUT2D eigenvalue weighted by atomic mass is 10.2. The molecular formula is C12H12ClN3O. The smallest absolute Gasteiger partial charge is 0.135 e. The summed E-state index contributed by atoms with van der Waals surface area (Å²) in [6.07, 6.45) is 1.42. The van der Waals surface area contributed by atoms with Gasteiger partial charge in [0.25, 0.3) is 0 Å². The predicted octanol–water partition coefficient (Wildman–Crippen LogP) is 3.02. The number of anilines is 2. The molecule has 0 aliphatic rings. The molecule has 4 nitrogen and oxygen atoms in total. The van der Waals surface area contributed by atoms with E-state index in [0.29, 0.717) is 17.6 Å². The van der Waals surface area contributed by atoms with Crippen LogP contribution in [-0.4, -0.2) is 17.1 Å². The summed E-state index contributed by atoms with van der Waals surface area (Å²) in [5.41, 5.74) is 2.07. The summed E-state index contributed by atoms with van der Waals surface area (Å²) in [5.74, 6) is 0.671. The van der Waals surface area contributed by atoms with Gasteiger partial charge in [-0.2, -0.15) is 0 Å². The highest BCUT2D eigenvalue weighted by Gasteiger charge is 1.98. The van der Waals surface area contributed by atoms with Crippen molar-refractivity contribution in [2.45, 2.75) is 6.61 Å². The first kappa shape index (κ1) is 11.8. The number of halogens is 1. The first-order valence-corrected chi connectivity index (χ1v) is 5.48. The maximum absolute atomic E-state index is 5.77. The van der Waals surface area contributed by atoms with E-state index >= 15 is 0 Å².